The fraction of sp³-hybridized carbons (Fsp3) is 0.333. The Morgan fingerprint density at radius 1 is 1.32 bits per heavy atom. The lowest BCUT2D eigenvalue weighted by atomic mass is 10.2. The summed E-state index contributed by atoms with van der Waals surface area (Å²) in [6.45, 7) is 1.25. The number of anilines is 1. The maximum Gasteiger partial charge on any atom is 0.251 e. The molecule has 1 aliphatic heterocycles. The number of nitrogens with zero attached hydrogens (tertiary/aromatic N) is 1. The van der Waals surface area contributed by atoms with Crippen LogP contribution in [-0.2, 0) is 4.79 Å². The summed E-state index contributed by atoms with van der Waals surface area (Å²) in [5.41, 5.74) is 5.66. The first kappa shape index (κ1) is 15.2. The standard InChI is InChI=1S/C15H17N3O2S2/c16-14(20)10-5-8-22-15(10)17-13(19)9-18-6-1-3-11(18)12-4-2-7-21-12/h2,4-5,7-8,11H,1,3,6,9H2,(H2,16,20)(H,17,19). The molecule has 0 aromatic carbocycles. The first-order chi connectivity index (χ1) is 10.6. The zero-order valence-corrected chi connectivity index (χ0v) is 13.6. The third-order valence-electron chi connectivity index (χ3n) is 3.77. The van der Waals surface area contributed by atoms with E-state index in [4.69, 9.17) is 5.73 Å². The number of carbonyl (C=O) groups is 2. The van der Waals surface area contributed by atoms with Gasteiger partial charge in [-0.2, -0.15) is 0 Å². The van der Waals surface area contributed by atoms with Crippen LogP contribution >= 0.6 is 22.7 Å². The number of likely N-dealkylation sites (tertiary alicyclic amines) is 1. The number of amides is 2. The van der Waals surface area contributed by atoms with Crippen LogP contribution in [0.4, 0.5) is 5.00 Å². The Morgan fingerprint density at radius 3 is 2.91 bits per heavy atom. The molecule has 5 nitrogen and oxygen atoms in total. The Labute approximate surface area is 136 Å². The van der Waals surface area contributed by atoms with Gasteiger partial charge < -0.3 is 11.1 Å². The fourth-order valence-electron chi connectivity index (χ4n) is 2.77. The molecule has 116 valence electrons. The van der Waals surface area contributed by atoms with Gasteiger partial charge in [0, 0.05) is 10.9 Å². The molecule has 1 fully saturated rings. The Hall–Kier alpha value is -1.70. The molecule has 22 heavy (non-hydrogen) atoms. The van der Waals surface area contributed by atoms with Crippen molar-refractivity contribution in [2.24, 2.45) is 5.73 Å². The molecule has 2 aromatic rings. The van der Waals surface area contributed by atoms with E-state index in [1.165, 1.54) is 16.2 Å². The number of hydrogen-bond acceptors (Lipinski definition) is 5. The van der Waals surface area contributed by atoms with Crippen LogP contribution in [0.1, 0.15) is 34.1 Å². The van der Waals surface area contributed by atoms with Crippen LogP contribution < -0.4 is 11.1 Å². The second-order valence-corrected chi connectivity index (χ2v) is 7.12. The van der Waals surface area contributed by atoms with Gasteiger partial charge in [-0.1, -0.05) is 6.07 Å². The van der Waals surface area contributed by atoms with Gasteiger partial charge in [0.05, 0.1) is 12.1 Å². The molecular weight excluding hydrogens is 318 g/mol. The van der Waals surface area contributed by atoms with Crippen molar-refractivity contribution in [3.63, 3.8) is 0 Å². The first-order valence-corrected chi connectivity index (χ1v) is 8.85. The summed E-state index contributed by atoms with van der Waals surface area (Å²) >= 11 is 3.04. The van der Waals surface area contributed by atoms with E-state index in [1.807, 2.05) is 6.07 Å². The molecule has 0 bridgehead atoms. The Balaban J connectivity index is 1.64. The van der Waals surface area contributed by atoms with E-state index >= 15 is 0 Å². The number of primary amides is 1. The summed E-state index contributed by atoms with van der Waals surface area (Å²) in [5, 5.41) is 7.15. The van der Waals surface area contributed by atoms with Crippen LogP contribution in [0, 0.1) is 0 Å². The van der Waals surface area contributed by atoms with Crippen molar-refractivity contribution in [1.82, 2.24) is 4.90 Å². The maximum atomic E-state index is 12.3. The van der Waals surface area contributed by atoms with Crippen molar-refractivity contribution in [2.75, 3.05) is 18.4 Å². The zero-order valence-electron chi connectivity index (χ0n) is 12.0. The number of carbonyl (C=O) groups excluding carboxylic acids is 2. The fourth-order valence-corrected chi connectivity index (χ4v) is 4.47. The van der Waals surface area contributed by atoms with Gasteiger partial charge in [-0.3, -0.25) is 14.5 Å². The van der Waals surface area contributed by atoms with Gasteiger partial charge in [0.15, 0.2) is 0 Å². The average Bonchev–Trinajstić information content (AvgIpc) is 3.18. The number of nitrogens with two attached hydrogens (primary N) is 1. The van der Waals surface area contributed by atoms with E-state index in [0.29, 0.717) is 23.2 Å². The molecule has 3 rings (SSSR count). The smallest absolute Gasteiger partial charge is 0.251 e. The molecule has 2 amide bonds. The monoisotopic (exact) mass is 335 g/mol. The van der Waals surface area contributed by atoms with E-state index in [0.717, 1.165) is 19.4 Å². The van der Waals surface area contributed by atoms with E-state index in [9.17, 15) is 9.59 Å². The second-order valence-electron chi connectivity index (χ2n) is 5.22. The minimum Gasteiger partial charge on any atom is -0.366 e. The quantitative estimate of drug-likeness (QED) is 0.882. The molecule has 0 aliphatic carbocycles. The highest BCUT2D eigenvalue weighted by Crippen LogP contribution is 2.34. The van der Waals surface area contributed by atoms with Crippen LogP contribution in [0.15, 0.2) is 29.0 Å². The third kappa shape index (κ3) is 3.21. The average molecular weight is 335 g/mol. The van der Waals surface area contributed by atoms with E-state index in [-0.39, 0.29) is 5.91 Å². The van der Waals surface area contributed by atoms with Crippen LogP contribution in [0.25, 0.3) is 0 Å². The van der Waals surface area contributed by atoms with Crippen molar-refractivity contribution in [2.45, 2.75) is 18.9 Å². The van der Waals surface area contributed by atoms with E-state index in [2.05, 4.69) is 21.7 Å². The molecule has 0 spiro atoms. The molecule has 7 heteroatoms. The van der Waals surface area contributed by atoms with Gasteiger partial charge in [0.1, 0.15) is 5.00 Å². The SMILES string of the molecule is NC(=O)c1ccsc1NC(=O)CN1CCCC1c1cccs1. The molecule has 0 saturated carbocycles. The van der Waals surface area contributed by atoms with Gasteiger partial charge in [-0.25, -0.2) is 0 Å². The van der Waals surface area contributed by atoms with Crippen molar-refractivity contribution >= 4 is 39.5 Å². The summed E-state index contributed by atoms with van der Waals surface area (Å²) < 4.78 is 0. The van der Waals surface area contributed by atoms with E-state index in [1.54, 1.807) is 22.8 Å². The highest BCUT2D eigenvalue weighted by Gasteiger charge is 2.28. The van der Waals surface area contributed by atoms with Gasteiger partial charge in [0.2, 0.25) is 5.91 Å². The lowest BCUT2D eigenvalue weighted by Gasteiger charge is -2.22. The van der Waals surface area contributed by atoms with Crippen LogP contribution in [0.2, 0.25) is 0 Å². The minimum absolute atomic E-state index is 0.103. The highest BCUT2D eigenvalue weighted by molar-refractivity contribution is 7.14. The molecule has 0 radical (unpaired) electrons. The molecule has 1 saturated heterocycles. The van der Waals surface area contributed by atoms with Crippen LogP contribution in [0.5, 0.6) is 0 Å². The molecule has 1 atom stereocenters. The first-order valence-electron chi connectivity index (χ1n) is 7.10. The number of rotatable bonds is 5. The number of thiophene rings is 2. The van der Waals surface area contributed by atoms with Crippen molar-refractivity contribution < 1.29 is 9.59 Å². The molecule has 1 aliphatic rings. The number of hydrogen-bond donors (Lipinski definition) is 2. The van der Waals surface area contributed by atoms with E-state index < -0.39 is 5.91 Å². The van der Waals surface area contributed by atoms with Gasteiger partial charge in [0.25, 0.3) is 5.91 Å². The van der Waals surface area contributed by atoms with Gasteiger partial charge in [-0.05, 0) is 42.3 Å². The normalized spacial score (nSPS) is 18.5. The predicted octanol–water partition coefficient (Wildman–Crippen LogP) is 2.68. The molecule has 1 unspecified atom stereocenters. The Kier molecular flexibility index (Phi) is 4.56. The second kappa shape index (κ2) is 6.60. The van der Waals surface area contributed by atoms with Gasteiger partial charge in [-0.15, -0.1) is 22.7 Å². The predicted molar refractivity (Wildman–Crippen MR) is 89.3 cm³/mol. The zero-order chi connectivity index (χ0) is 15.5. The molecule has 3 heterocycles. The summed E-state index contributed by atoms with van der Waals surface area (Å²) in [5.74, 6) is -0.623. The summed E-state index contributed by atoms with van der Waals surface area (Å²) in [4.78, 5) is 27.0. The maximum absolute atomic E-state index is 12.3. The topological polar surface area (TPSA) is 75.4 Å². The molecule has 3 N–H and O–H groups in total. The van der Waals surface area contributed by atoms with Crippen molar-refractivity contribution in [3.8, 4) is 0 Å². The number of nitrogens with one attached hydrogen (secondary N) is 1. The van der Waals surface area contributed by atoms with Gasteiger partial charge >= 0.3 is 0 Å². The van der Waals surface area contributed by atoms with Crippen molar-refractivity contribution in [3.05, 3.63) is 39.4 Å². The molecule has 2 aromatic heterocycles. The van der Waals surface area contributed by atoms with Crippen LogP contribution in [-0.4, -0.2) is 29.8 Å². The lowest BCUT2D eigenvalue weighted by molar-refractivity contribution is -0.117. The lowest BCUT2D eigenvalue weighted by Crippen LogP contribution is -2.32. The highest BCUT2D eigenvalue weighted by atomic mass is 32.1. The van der Waals surface area contributed by atoms with Crippen LogP contribution in [0.3, 0.4) is 0 Å². The Bertz CT molecular complexity index is 666. The third-order valence-corrected chi connectivity index (χ3v) is 5.57. The summed E-state index contributed by atoms with van der Waals surface area (Å²) in [6.07, 6.45) is 2.18. The minimum atomic E-state index is -0.519. The summed E-state index contributed by atoms with van der Waals surface area (Å²) in [6, 6.07) is 6.12. The largest absolute Gasteiger partial charge is 0.366 e. The van der Waals surface area contributed by atoms with Crippen molar-refractivity contribution in [1.29, 1.82) is 0 Å². The summed E-state index contributed by atoms with van der Waals surface area (Å²) in [7, 11) is 0. The molecular formula is C15H17N3O2S2. The Morgan fingerprint density at radius 2 is 2.18 bits per heavy atom.